The Bertz CT molecular complexity index is 576. The fraction of sp³-hybridized carbons (Fsp3) is 0.500. The molecule has 0 unspecified atom stereocenters. The van der Waals surface area contributed by atoms with E-state index >= 15 is 0 Å². The molecule has 0 aliphatic heterocycles. The third-order valence-electron chi connectivity index (χ3n) is 4.58. The fourth-order valence-corrected chi connectivity index (χ4v) is 3.22. The van der Waals surface area contributed by atoms with Crippen molar-refractivity contribution in [3.05, 3.63) is 53.4 Å². The predicted molar refractivity (Wildman–Crippen MR) is 90.2 cm³/mol. The zero-order valence-corrected chi connectivity index (χ0v) is 14.0. The van der Waals surface area contributed by atoms with E-state index in [2.05, 4.69) is 19.1 Å². The van der Waals surface area contributed by atoms with Crippen LogP contribution in [0, 0.1) is 11.7 Å². The predicted octanol–water partition coefficient (Wildman–Crippen LogP) is 7.03. The minimum Gasteiger partial charge on any atom is -0.206 e. The van der Waals surface area contributed by atoms with E-state index in [9.17, 15) is 17.6 Å². The molecule has 0 spiro atoms. The highest BCUT2D eigenvalue weighted by atomic mass is 19.4. The van der Waals surface area contributed by atoms with E-state index in [1.54, 1.807) is 6.07 Å². The lowest BCUT2D eigenvalue weighted by molar-refractivity contribution is -0.0790. The van der Waals surface area contributed by atoms with E-state index in [1.165, 1.54) is 12.1 Å². The van der Waals surface area contributed by atoms with Crippen LogP contribution in [0.5, 0.6) is 0 Å². The molecule has 1 aromatic rings. The van der Waals surface area contributed by atoms with E-state index in [-0.39, 0.29) is 11.6 Å². The van der Waals surface area contributed by atoms with Gasteiger partial charge in [-0.3, -0.25) is 0 Å². The molecule has 0 atom stereocenters. The number of halogens is 4. The molecule has 24 heavy (non-hydrogen) atoms. The molecular formula is C20H24F4. The normalized spacial score (nSPS) is 22.5. The lowest BCUT2D eigenvalue weighted by Crippen LogP contribution is -2.12. The molecule has 4 heteroatoms. The second-order valence-corrected chi connectivity index (χ2v) is 6.48. The first-order valence-electron chi connectivity index (χ1n) is 8.61. The van der Waals surface area contributed by atoms with Gasteiger partial charge in [0.1, 0.15) is 5.82 Å². The van der Waals surface area contributed by atoms with Gasteiger partial charge in [0.25, 0.3) is 0 Å². The van der Waals surface area contributed by atoms with Crippen molar-refractivity contribution in [1.82, 2.24) is 0 Å². The Morgan fingerprint density at radius 1 is 1.12 bits per heavy atom. The second kappa shape index (κ2) is 8.50. The molecule has 0 saturated heterocycles. The van der Waals surface area contributed by atoms with Crippen LogP contribution in [0.3, 0.4) is 0 Å². The Kier molecular flexibility index (Phi) is 6.64. The molecule has 0 aromatic heterocycles. The van der Waals surface area contributed by atoms with Crippen LogP contribution in [-0.2, 0) is 0 Å². The maximum absolute atomic E-state index is 14.0. The van der Waals surface area contributed by atoms with Crippen molar-refractivity contribution < 1.29 is 17.6 Å². The molecule has 0 radical (unpaired) electrons. The number of unbranched alkanes of at least 4 members (excludes halogenated alkanes) is 1. The van der Waals surface area contributed by atoms with Crippen molar-refractivity contribution >= 4 is 6.08 Å². The first kappa shape index (κ1) is 18.8. The summed E-state index contributed by atoms with van der Waals surface area (Å²) in [5.74, 6) is 0.320. The van der Waals surface area contributed by atoms with Gasteiger partial charge in [0.2, 0.25) is 0 Å². The van der Waals surface area contributed by atoms with Crippen LogP contribution < -0.4 is 0 Å². The Hall–Kier alpha value is -1.58. The number of hydrogen-bond acceptors (Lipinski definition) is 0. The molecule has 1 aliphatic carbocycles. The average molecular weight is 340 g/mol. The summed E-state index contributed by atoms with van der Waals surface area (Å²) < 4.78 is 50.6. The molecule has 2 rings (SSSR count). The second-order valence-electron chi connectivity index (χ2n) is 6.48. The molecule has 0 N–H and O–H groups in total. The van der Waals surface area contributed by atoms with E-state index in [4.69, 9.17) is 0 Å². The van der Waals surface area contributed by atoms with Crippen molar-refractivity contribution in [1.29, 1.82) is 0 Å². The highest BCUT2D eigenvalue weighted by molar-refractivity contribution is 5.51. The quantitative estimate of drug-likeness (QED) is 0.398. The number of alkyl halides is 3. The summed E-state index contributed by atoms with van der Waals surface area (Å²) in [6, 6.07) is 4.60. The summed E-state index contributed by atoms with van der Waals surface area (Å²) in [6.45, 7) is 2.16. The van der Waals surface area contributed by atoms with Crippen LogP contribution in [-0.4, -0.2) is 6.18 Å². The van der Waals surface area contributed by atoms with Crippen molar-refractivity contribution in [2.24, 2.45) is 5.92 Å². The van der Waals surface area contributed by atoms with Gasteiger partial charge in [-0.15, -0.1) is 0 Å². The highest BCUT2D eigenvalue weighted by Gasteiger charge is 2.23. The van der Waals surface area contributed by atoms with E-state index in [0.29, 0.717) is 11.8 Å². The first-order valence-corrected chi connectivity index (χ1v) is 8.61. The minimum atomic E-state index is -4.42. The number of benzene rings is 1. The zero-order chi connectivity index (χ0) is 17.6. The SMILES string of the molecule is CCCC=CC1CCC(c2ccc(C=CC(F)(F)F)c(F)c2)CC1. The maximum atomic E-state index is 14.0. The smallest absolute Gasteiger partial charge is 0.206 e. The molecule has 0 nitrogen and oxygen atoms in total. The molecule has 1 saturated carbocycles. The molecule has 132 valence electrons. The van der Waals surface area contributed by atoms with Gasteiger partial charge >= 0.3 is 6.18 Å². The first-order chi connectivity index (χ1) is 11.4. The molecule has 1 aromatic carbocycles. The van der Waals surface area contributed by atoms with Crippen LogP contribution in [0.4, 0.5) is 17.6 Å². The lowest BCUT2D eigenvalue weighted by Gasteiger charge is -2.27. The molecule has 0 heterocycles. The lowest BCUT2D eigenvalue weighted by atomic mass is 9.78. The van der Waals surface area contributed by atoms with Gasteiger partial charge in [-0.1, -0.05) is 37.6 Å². The molecular weight excluding hydrogens is 316 g/mol. The van der Waals surface area contributed by atoms with Crippen LogP contribution in [0.25, 0.3) is 6.08 Å². The van der Waals surface area contributed by atoms with Crippen molar-refractivity contribution in [2.75, 3.05) is 0 Å². The van der Waals surface area contributed by atoms with Gasteiger partial charge in [-0.25, -0.2) is 4.39 Å². The molecule has 1 aliphatic rings. The fourth-order valence-electron chi connectivity index (χ4n) is 3.22. The van der Waals surface area contributed by atoms with Gasteiger partial charge in [0.15, 0.2) is 0 Å². The summed E-state index contributed by atoms with van der Waals surface area (Å²) in [5.41, 5.74) is 0.875. The summed E-state index contributed by atoms with van der Waals surface area (Å²) in [4.78, 5) is 0. The van der Waals surface area contributed by atoms with Crippen LogP contribution in [0.2, 0.25) is 0 Å². The van der Waals surface area contributed by atoms with Crippen molar-refractivity contribution in [3.63, 3.8) is 0 Å². The summed E-state index contributed by atoms with van der Waals surface area (Å²) in [7, 11) is 0. The molecule has 1 fully saturated rings. The van der Waals surface area contributed by atoms with Gasteiger partial charge in [-0.2, -0.15) is 13.2 Å². The van der Waals surface area contributed by atoms with E-state index in [1.807, 2.05) is 0 Å². The van der Waals surface area contributed by atoms with Crippen molar-refractivity contribution in [3.8, 4) is 0 Å². The largest absolute Gasteiger partial charge is 0.409 e. The molecule has 0 bridgehead atoms. The summed E-state index contributed by atoms with van der Waals surface area (Å²) in [6.07, 6.45) is 7.40. The summed E-state index contributed by atoms with van der Waals surface area (Å²) >= 11 is 0. The topological polar surface area (TPSA) is 0 Å². The van der Waals surface area contributed by atoms with Crippen molar-refractivity contribution in [2.45, 2.75) is 57.5 Å². The third kappa shape index (κ3) is 5.81. The number of rotatable bonds is 5. The highest BCUT2D eigenvalue weighted by Crippen LogP contribution is 2.37. The van der Waals surface area contributed by atoms with E-state index in [0.717, 1.165) is 50.2 Å². The number of hydrogen-bond donors (Lipinski definition) is 0. The van der Waals surface area contributed by atoms with Crippen LogP contribution >= 0.6 is 0 Å². The average Bonchev–Trinajstić information content (AvgIpc) is 2.54. The Labute approximate surface area is 141 Å². The Balaban J connectivity index is 1.97. The maximum Gasteiger partial charge on any atom is 0.409 e. The van der Waals surface area contributed by atoms with Crippen LogP contribution in [0.15, 0.2) is 36.4 Å². The Morgan fingerprint density at radius 2 is 1.83 bits per heavy atom. The molecule has 0 amide bonds. The monoisotopic (exact) mass is 340 g/mol. The standard InChI is InChI=1S/C20H24F4/c1-2-3-4-5-15-6-8-16(9-7-15)18-11-10-17(19(21)14-18)12-13-20(22,23)24/h4-5,10-16H,2-3,6-9H2,1H3. The summed E-state index contributed by atoms with van der Waals surface area (Å²) in [5, 5.41) is 0. The van der Waals surface area contributed by atoms with E-state index < -0.39 is 12.0 Å². The van der Waals surface area contributed by atoms with Gasteiger partial charge < -0.3 is 0 Å². The van der Waals surface area contributed by atoms with Gasteiger partial charge in [-0.05, 0) is 61.6 Å². The minimum absolute atomic E-state index is 0.0211. The number of allylic oxidation sites excluding steroid dienone is 3. The van der Waals surface area contributed by atoms with Crippen LogP contribution in [0.1, 0.15) is 62.5 Å². The van der Waals surface area contributed by atoms with Gasteiger partial charge in [0.05, 0.1) is 0 Å². The van der Waals surface area contributed by atoms with Gasteiger partial charge in [0, 0.05) is 11.6 Å². The Morgan fingerprint density at radius 3 is 2.42 bits per heavy atom. The third-order valence-corrected chi connectivity index (χ3v) is 4.58. The zero-order valence-electron chi connectivity index (χ0n) is 14.0.